The van der Waals surface area contributed by atoms with Crippen molar-refractivity contribution in [2.24, 2.45) is 0 Å². The van der Waals surface area contributed by atoms with E-state index in [4.69, 9.17) is 11.6 Å². The van der Waals surface area contributed by atoms with Crippen LogP contribution in [-0.2, 0) is 0 Å². The molecule has 0 aliphatic carbocycles. The van der Waals surface area contributed by atoms with Gasteiger partial charge in [0, 0.05) is 24.8 Å². The fraction of sp³-hybridized carbons (Fsp3) is 0.261. The van der Waals surface area contributed by atoms with Gasteiger partial charge in [-0.25, -0.2) is 19.0 Å². The Morgan fingerprint density at radius 2 is 1.88 bits per heavy atom. The number of halogens is 2. The van der Waals surface area contributed by atoms with Crippen LogP contribution in [0.15, 0.2) is 55.0 Å². The van der Waals surface area contributed by atoms with Crippen LogP contribution in [0.3, 0.4) is 0 Å². The third-order valence-corrected chi connectivity index (χ3v) is 6.22. The van der Waals surface area contributed by atoms with Crippen LogP contribution in [0.2, 0.25) is 5.02 Å². The average Bonchev–Trinajstić information content (AvgIpc) is 3.44. The Hall–Kier alpha value is -3.23. The van der Waals surface area contributed by atoms with E-state index in [1.54, 1.807) is 16.9 Å². The number of benzene rings is 2. The largest absolute Gasteiger partial charge is 0.370 e. The second-order valence-electron chi connectivity index (χ2n) is 8.13. The van der Waals surface area contributed by atoms with E-state index in [0.29, 0.717) is 23.2 Å². The van der Waals surface area contributed by atoms with Gasteiger partial charge in [0.2, 0.25) is 0 Å². The molecule has 164 valence electrons. The molecule has 0 radical (unpaired) electrons. The van der Waals surface area contributed by atoms with Crippen molar-refractivity contribution in [3.8, 4) is 5.69 Å². The van der Waals surface area contributed by atoms with Gasteiger partial charge in [0.15, 0.2) is 5.65 Å². The monoisotopic (exact) mass is 451 g/mol. The van der Waals surface area contributed by atoms with Gasteiger partial charge in [-0.15, -0.1) is 0 Å². The predicted molar refractivity (Wildman–Crippen MR) is 126 cm³/mol. The zero-order valence-electron chi connectivity index (χ0n) is 17.8. The lowest BCUT2D eigenvalue weighted by molar-refractivity contribution is 0.315. The summed E-state index contributed by atoms with van der Waals surface area (Å²) < 4.78 is 15.1. The summed E-state index contributed by atoms with van der Waals surface area (Å²) in [6.45, 7) is 2.09. The Bertz CT molecular complexity index is 1260. The zero-order chi connectivity index (χ0) is 22.2. The highest BCUT2D eigenvalue weighted by atomic mass is 35.5. The first-order chi connectivity index (χ1) is 15.5. The fourth-order valence-corrected chi connectivity index (χ4v) is 4.27. The summed E-state index contributed by atoms with van der Waals surface area (Å²) in [5.74, 6) is 0.161. The molecule has 1 saturated heterocycles. The quantitative estimate of drug-likeness (QED) is 0.482. The van der Waals surface area contributed by atoms with Gasteiger partial charge in [-0.2, -0.15) is 5.10 Å². The summed E-state index contributed by atoms with van der Waals surface area (Å²) in [5, 5.41) is 8.70. The van der Waals surface area contributed by atoms with E-state index in [-0.39, 0.29) is 5.02 Å². The Balaban J connectivity index is 1.41. The van der Waals surface area contributed by atoms with E-state index in [9.17, 15) is 4.39 Å². The number of anilines is 3. The highest BCUT2D eigenvalue weighted by molar-refractivity contribution is 6.33. The minimum atomic E-state index is -0.393. The van der Waals surface area contributed by atoms with Crippen LogP contribution in [0.5, 0.6) is 0 Å². The molecule has 2 aromatic carbocycles. The van der Waals surface area contributed by atoms with E-state index >= 15 is 0 Å². The van der Waals surface area contributed by atoms with Gasteiger partial charge in [-0.05, 0) is 63.0 Å². The number of likely N-dealkylation sites (N-methyl/N-ethyl adjacent to an activating group) is 1. The third kappa shape index (κ3) is 3.87. The second kappa shape index (κ2) is 8.37. The smallest absolute Gasteiger partial charge is 0.168 e. The first kappa shape index (κ1) is 20.7. The summed E-state index contributed by atoms with van der Waals surface area (Å²) in [6, 6.07) is 13.1. The molecule has 1 atom stereocenters. The lowest BCUT2D eigenvalue weighted by Crippen LogP contribution is -2.31. The van der Waals surface area contributed by atoms with Crippen molar-refractivity contribution < 1.29 is 4.39 Å². The van der Waals surface area contributed by atoms with Crippen molar-refractivity contribution >= 4 is 39.8 Å². The molecule has 9 heteroatoms. The Labute approximate surface area is 190 Å². The lowest BCUT2D eigenvalue weighted by atomic mass is 10.2. The molecule has 1 aliphatic rings. The van der Waals surface area contributed by atoms with E-state index in [2.05, 4.69) is 68.5 Å². The number of fused-ring (bicyclic) bond motifs is 1. The highest BCUT2D eigenvalue weighted by Crippen LogP contribution is 2.30. The molecule has 0 spiro atoms. The summed E-state index contributed by atoms with van der Waals surface area (Å²) in [7, 11) is 4.27. The zero-order valence-corrected chi connectivity index (χ0v) is 18.6. The van der Waals surface area contributed by atoms with Crippen molar-refractivity contribution in [2.75, 3.05) is 37.4 Å². The number of nitrogens with one attached hydrogen (secondary N) is 1. The van der Waals surface area contributed by atoms with Crippen molar-refractivity contribution in [3.63, 3.8) is 0 Å². The molecule has 1 fully saturated rings. The van der Waals surface area contributed by atoms with E-state index in [0.717, 1.165) is 24.2 Å². The number of rotatable bonds is 5. The Morgan fingerprint density at radius 3 is 2.59 bits per heavy atom. The van der Waals surface area contributed by atoms with Crippen LogP contribution in [0.25, 0.3) is 16.7 Å². The highest BCUT2D eigenvalue weighted by Gasteiger charge is 2.24. The molecule has 1 N–H and O–H groups in total. The van der Waals surface area contributed by atoms with Crippen LogP contribution in [0.4, 0.5) is 21.6 Å². The van der Waals surface area contributed by atoms with Crippen LogP contribution in [0.1, 0.15) is 6.42 Å². The normalized spacial score (nSPS) is 16.3. The van der Waals surface area contributed by atoms with Gasteiger partial charge >= 0.3 is 0 Å². The first-order valence-corrected chi connectivity index (χ1v) is 10.8. The lowest BCUT2D eigenvalue weighted by Gasteiger charge is -2.22. The molecule has 1 aliphatic heterocycles. The van der Waals surface area contributed by atoms with Crippen molar-refractivity contribution in [1.29, 1.82) is 0 Å². The van der Waals surface area contributed by atoms with E-state index in [1.165, 1.54) is 30.6 Å². The maximum absolute atomic E-state index is 13.4. The third-order valence-electron chi connectivity index (χ3n) is 5.90. The molecular formula is C23H23ClFN7. The molecule has 0 bridgehead atoms. The average molecular weight is 452 g/mol. The molecule has 1 unspecified atom stereocenters. The van der Waals surface area contributed by atoms with Crippen molar-refractivity contribution in [3.05, 3.63) is 65.8 Å². The van der Waals surface area contributed by atoms with E-state index in [1.807, 2.05) is 0 Å². The summed E-state index contributed by atoms with van der Waals surface area (Å²) >= 11 is 6.15. The topological polar surface area (TPSA) is 62.1 Å². The van der Waals surface area contributed by atoms with Gasteiger partial charge in [0.1, 0.15) is 18.0 Å². The minimum Gasteiger partial charge on any atom is -0.370 e. The van der Waals surface area contributed by atoms with Crippen molar-refractivity contribution in [2.45, 2.75) is 12.5 Å². The van der Waals surface area contributed by atoms with E-state index < -0.39 is 5.82 Å². The molecule has 32 heavy (non-hydrogen) atoms. The van der Waals surface area contributed by atoms with Gasteiger partial charge in [0.25, 0.3) is 0 Å². The summed E-state index contributed by atoms with van der Waals surface area (Å²) in [5.41, 5.74) is 3.35. The van der Waals surface area contributed by atoms with Crippen LogP contribution in [0, 0.1) is 5.82 Å². The van der Waals surface area contributed by atoms with Crippen LogP contribution < -0.4 is 10.2 Å². The van der Waals surface area contributed by atoms with Crippen LogP contribution in [-0.4, -0.2) is 57.9 Å². The second-order valence-corrected chi connectivity index (χ2v) is 8.54. The minimum absolute atomic E-state index is 0.276. The summed E-state index contributed by atoms with van der Waals surface area (Å²) in [6.07, 6.45) is 4.36. The molecule has 4 aromatic rings. The maximum atomic E-state index is 13.4. The molecule has 2 aromatic heterocycles. The summed E-state index contributed by atoms with van der Waals surface area (Å²) in [4.78, 5) is 13.4. The molecule has 7 nitrogen and oxygen atoms in total. The number of aromatic nitrogens is 4. The predicted octanol–water partition coefficient (Wildman–Crippen LogP) is 4.49. The van der Waals surface area contributed by atoms with Gasteiger partial charge in [-0.1, -0.05) is 11.6 Å². The molecule has 0 amide bonds. The fourth-order valence-electron chi connectivity index (χ4n) is 4.05. The molecular weight excluding hydrogens is 429 g/mol. The van der Waals surface area contributed by atoms with Crippen molar-refractivity contribution in [1.82, 2.24) is 24.6 Å². The Kier molecular flexibility index (Phi) is 5.40. The molecule has 3 heterocycles. The Morgan fingerprint density at radius 1 is 1.09 bits per heavy atom. The number of nitrogens with zero attached hydrogens (tertiary/aromatic N) is 6. The van der Waals surface area contributed by atoms with Gasteiger partial charge < -0.3 is 15.1 Å². The first-order valence-electron chi connectivity index (χ1n) is 10.4. The maximum Gasteiger partial charge on any atom is 0.168 e. The van der Waals surface area contributed by atoms with Gasteiger partial charge in [-0.3, -0.25) is 0 Å². The van der Waals surface area contributed by atoms with Crippen LogP contribution >= 0.6 is 11.6 Å². The standard InChI is InChI=1S/C23H23ClFN7/c1-30(2)18-9-10-31(13-18)16-4-6-17(7-5-16)32-23-19(12-28-32)22(26-14-27-23)29-21-8-3-15(25)11-20(21)24/h3-8,11-12,14,18H,9-10,13H2,1-2H3,(H,26,27,29). The SMILES string of the molecule is CN(C)C1CCN(c2ccc(-n3ncc4c(Nc5ccc(F)cc5Cl)ncnc43)cc2)C1. The molecule has 0 saturated carbocycles. The number of hydrogen-bond donors (Lipinski definition) is 1. The number of hydrogen-bond acceptors (Lipinski definition) is 6. The van der Waals surface area contributed by atoms with Gasteiger partial charge in [0.05, 0.1) is 28.0 Å². The molecule has 5 rings (SSSR count).